The molecule has 0 aromatic heterocycles. The third kappa shape index (κ3) is 9.36. The zero-order valence-corrected chi connectivity index (χ0v) is 24.8. The van der Waals surface area contributed by atoms with Gasteiger partial charge in [0.15, 0.2) is 16.6 Å². The summed E-state index contributed by atoms with van der Waals surface area (Å²) in [4.78, 5) is 24.1. The topological polar surface area (TPSA) is 85.9 Å². The average Bonchev–Trinajstić information content (AvgIpc) is 2.67. The van der Waals surface area contributed by atoms with Crippen molar-refractivity contribution in [1.82, 2.24) is 5.32 Å². The lowest BCUT2D eigenvalue weighted by Gasteiger charge is -2.36. The number of methoxy groups -OCH3 is 1. The van der Waals surface area contributed by atoms with Crippen LogP contribution in [0.1, 0.15) is 52.7 Å². The Bertz CT molecular complexity index is 836. The molecule has 2 N–H and O–H groups in total. The molecule has 0 atom stereocenters. The highest BCUT2D eigenvalue weighted by atomic mass is 28.4. The van der Waals surface area contributed by atoms with Gasteiger partial charge in [0.1, 0.15) is 0 Å². The summed E-state index contributed by atoms with van der Waals surface area (Å²) >= 11 is 0. The van der Waals surface area contributed by atoms with E-state index in [0.29, 0.717) is 18.9 Å². The molecule has 9 heteroatoms. The summed E-state index contributed by atoms with van der Waals surface area (Å²) in [6.07, 6.45) is 2.35. The van der Waals surface area contributed by atoms with E-state index in [-0.39, 0.29) is 10.1 Å². The van der Waals surface area contributed by atoms with Crippen LogP contribution in [0.2, 0.25) is 36.3 Å². The third-order valence-corrected chi connectivity index (χ3v) is 15.7. The van der Waals surface area contributed by atoms with Crippen molar-refractivity contribution < 1.29 is 23.2 Å². The van der Waals surface area contributed by atoms with Crippen LogP contribution in [0.4, 0.5) is 10.5 Å². The molecule has 7 nitrogen and oxygen atoms in total. The van der Waals surface area contributed by atoms with Gasteiger partial charge in [-0.25, -0.2) is 4.79 Å². The second-order valence-electron chi connectivity index (χ2n) is 11.6. The molecule has 0 spiro atoms. The normalized spacial score (nSPS) is 13.1. The van der Waals surface area contributed by atoms with Crippen LogP contribution in [0.15, 0.2) is 30.5 Å². The van der Waals surface area contributed by atoms with E-state index in [0.717, 1.165) is 17.2 Å². The third-order valence-electron chi connectivity index (χ3n) is 6.71. The van der Waals surface area contributed by atoms with E-state index < -0.39 is 28.6 Å². The van der Waals surface area contributed by atoms with Gasteiger partial charge in [0, 0.05) is 11.8 Å². The van der Waals surface area contributed by atoms with Crippen molar-refractivity contribution in [2.75, 3.05) is 12.4 Å². The Morgan fingerprint density at radius 2 is 1.29 bits per heavy atom. The number of imide groups is 1. The van der Waals surface area contributed by atoms with Gasteiger partial charge in [-0.2, -0.15) is 0 Å². The summed E-state index contributed by atoms with van der Waals surface area (Å²) in [5.74, 6) is -0.571. The van der Waals surface area contributed by atoms with Crippen LogP contribution >= 0.6 is 0 Å². The van der Waals surface area contributed by atoms with Crippen LogP contribution in [0.3, 0.4) is 0 Å². The molecule has 0 aliphatic heterocycles. The average molecular weight is 509 g/mol. The largest absolute Gasteiger partial charge is 0.504 e. The van der Waals surface area contributed by atoms with Crippen LogP contribution in [0, 0.1) is 0 Å². The minimum Gasteiger partial charge on any atom is -0.504 e. The van der Waals surface area contributed by atoms with Gasteiger partial charge in [-0.3, -0.25) is 10.1 Å². The molecule has 1 aromatic carbocycles. The Balaban J connectivity index is 3.12. The van der Waals surface area contributed by atoms with E-state index in [4.69, 9.17) is 13.6 Å². The van der Waals surface area contributed by atoms with Gasteiger partial charge >= 0.3 is 6.03 Å². The van der Waals surface area contributed by atoms with Crippen molar-refractivity contribution >= 4 is 34.3 Å². The molecular formula is C25H44N2O5Si2. The Labute approximate surface area is 207 Å². The smallest absolute Gasteiger partial charge is 0.326 e. The molecule has 3 amide bonds. The number of nitrogens with one attached hydrogen (secondary N) is 2. The molecule has 1 aromatic rings. The number of benzene rings is 1. The van der Waals surface area contributed by atoms with E-state index in [9.17, 15) is 9.59 Å². The molecule has 34 heavy (non-hydrogen) atoms. The first kappa shape index (κ1) is 30.1. The Morgan fingerprint density at radius 3 is 1.68 bits per heavy atom. The molecule has 0 unspecified atom stereocenters. The van der Waals surface area contributed by atoms with Gasteiger partial charge in [-0.1, -0.05) is 47.6 Å². The van der Waals surface area contributed by atoms with Gasteiger partial charge in [0.05, 0.1) is 26.6 Å². The molecule has 192 valence electrons. The highest BCUT2D eigenvalue weighted by Gasteiger charge is 2.38. The summed E-state index contributed by atoms with van der Waals surface area (Å²) in [5, 5.41) is 5.18. The second kappa shape index (κ2) is 11.7. The maximum absolute atomic E-state index is 12.3. The lowest BCUT2D eigenvalue weighted by molar-refractivity contribution is -0.115. The highest BCUT2D eigenvalue weighted by molar-refractivity contribution is 6.74. The predicted molar refractivity (Wildman–Crippen MR) is 144 cm³/mol. The molecule has 0 aliphatic carbocycles. The van der Waals surface area contributed by atoms with Crippen molar-refractivity contribution in [3.05, 3.63) is 41.7 Å². The summed E-state index contributed by atoms with van der Waals surface area (Å²) in [5.41, 5.74) is 2.47. The van der Waals surface area contributed by atoms with Gasteiger partial charge in [0.25, 0.3) is 5.91 Å². The Morgan fingerprint density at radius 1 is 0.853 bits per heavy atom. The zero-order chi connectivity index (χ0) is 26.4. The summed E-state index contributed by atoms with van der Waals surface area (Å²) in [6.45, 7) is 22.9. The van der Waals surface area contributed by atoms with Crippen molar-refractivity contribution in [3.63, 3.8) is 0 Å². The summed E-state index contributed by atoms with van der Waals surface area (Å²) < 4.78 is 17.5. The first-order valence-electron chi connectivity index (χ1n) is 11.6. The lowest BCUT2D eigenvalue weighted by Crippen LogP contribution is -2.40. The van der Waals surface area contributed by atoms with E-state index in [1.807, 2.05) is 12.1 Å². The fraction of sp³-hybridized carbons (Fsp3) is 0.600. The van der Waals surface area contributed by atoms with Gasteiger partial charge < -0.3 is 18.9 Å². The highest BCUT2D eigenvalue weighted by Crippen LogP contribution is 2.38. The van der Waals surface area contributed by atoms with Crippen LogP contribution in [-0.2, 0) is 31.6 Å². The van der Waals surface area contributed by atoms with Gasteiger partial charge in [-0.05, 0) is 59.5 Å². The Kier molecular flexibility index (Phi) is 10.3. The number of carbonyl (C=O) groups is 2. The molecule has 1 rings (SSSR count). The number of urea groups is 1. The molecule has 0 saturated heterocycles. The van der Waals surface area contributed by atoms with Crippen LogP contribution < -0.4 is 10.6 Å². The van der Waals surface area contributed by atoms with Crippen LogP contribution in [0.5, 0.6) is 0 Å². The van der Waals surface area contributed by atoms with Gasteiger partial charge in [0.2, 0.25) is 0 Å². The van der Waals surface area contributed by atoms with E-state index in [2.05, 4.69) is 84.4 Å². The second-order valence-corrected chi connectivity index (χ2v) is 21.2. The molecule has 0 bridgehead atoms. The van der Waals surface area contributed by atoms with Crippen LogP contribution in [0.25, 0.3) is 0 Å². The Hall–Kier alpha value is -1.95. The van der Waals surface area contributed by atoms with Crippen molar-refractivity contribution in [3.8, 4) is 0 Å². The standard InChI is InChI=1S/C25H44N2O5Si2/c1-24(2,3)33(8,9)31-17-19-14-20(18-32-34(10,11)25(4,5)6)16-21(15-19)26-23(29)27-22(28)12-13-30-7/h12-16H,17-18H2,1-11H3,(H2,26,27,28,29)/b13-12+. The van der Waals surface area contributed by atoms with E-state index in [1.54, 1.807) is 0 Å². The number of ether oxygens (including phenoxy) is 1. The van der Waals surface area contributed by atoms with Crippen molar-refractivity contribution in [2.45, 2.75) is 91.0 Å². The quantitative estimate of drug-likeness (QED) is 0.225. The first-order valence-corrected chi connectivity index (χ1v) is 17.4. The number of hydrogen-bond donors (Lipinski definition) is 2. The van der Waals surface area contributed by atoms with E-state index >= 15 is 0 Å². The SMILES string of the molecule is CO/C=C/C(=O)NC(=O)Nc1cc(CO[Si](C)(C)C(C)(C)C)cc(CO[Si](C)(C)C(C)(C)C)c1. The number of hydrogen-bond acceptors (Lipinski definition) is 5. The summed E-state index contributed by atoms with van der Waals surface area (Å²) in [7, 11) is -2.48. The van der Waals surface area contributed by atoms with E-state index in [1.165, 1.54) is 13.4 Å². The molecule has 0 saturated carbocycles. The first-order chi connectivity index (χ1) is 15.4. The van der Waals surface area contributed by atoms with Crippen LogP contribution in [-0.4, -0.2) is 35.7 Å². The molecule has 0 heterocycles. The fourth-order valence-corrected chi connectivity index (χ4v) is 4.33. The van der Waals surface area contributed by atoms with Crippen molar-refractivity contribution in [2.24, 2.45) is 0 Å². The molecule has 0 fully saturated rings. The fourth-order valence-electron chi connectivity index (χ4n) is 2.41. The monoisotopic (exact) mass is 508 g/mol. The lowest BCUT2D eigenvalue weighted by atomic mass is 10.1. The van der Waals surface area contributed by atoms with Crippen molar-refractivity contribution in [1.29, 1.82) is 0 Å². The number of carbonyl (C=O) groups excluding carboxylic acids is 2. The number of rotatable bonds is 9. The number of amides is 3. The maximum Gasteiger partial charge on any atom is 0.326 e. The maximum atomic E-state index is 12.3. The zero-order valence-electron chi connectivity index (χ0n) is 22.8. The molecule has 0 radical (unpaired) electrons. The number of anilines is 1. The summed E-state index contributed by atoms with van der Waals surface area (Å²) in [6, 6.07) is 5.19. The molecule has 0 aliphatic rings. The van der Waals surface area contributed by atoms with Gasteiger partial charge in [-0.15, -0.1) is 0 Å². The minimum atomic E-state index is -1.95. The molecular weight excluding hydrogens is 464 g/mol. The minimum absolute atomic E-state index is 0.0904. The predicted octanol–water partition coefficient (Wildman–Crippen LogP) is 6.54.